The van der Waals surface area contributed by atoms with Crippen molar-refractivity contribution in [3.63, 3.8) is 0 Å². The van der Waals surface area contributed by atoms with E-state index in [0.29, 0.717) is 0 Å². The maximum Gasteiger partial charge on any atom is 0.192 e. The van der Waals surface area contributed by atoms with Crippen LogP contribution in [-0.2, 0) is 4.43 Å². The maximum atomic E-state index is 6.97. The molecule has 1 aromatic heterocycles. The van der Waals surface area contributed by atoms with E-state index < -0.39 is 8.32 Å². The summed E-state index contributed by atoms with van der Waals surface area (Å²) in [6.07, 6.45) is 6.87. The number of hydrogen-bond acceptors (Lipinski definition) is 2. The highest BCUT2D eigenvalue weighted by Crippen LogP contribution is 2.35. The molecule has 1 aromatic rings. The fourth-order valence-corrected chi connectivity index (χ4v) is 7.87. The van der Waals surface area contributed by atoms with E-state index in [4.69, 9.17) is 4.43 Å². The molecule has 0 unspecified atom stereocenters. The van der Waals surface area contributed by atoms with Gasteiger partial charge in [0.15, 0.2) is 8.32 Å². The fraction of sp³-hybridized carbons (Fsp3) is 0.700. The van der Waals surface area contributed by atoms with E-state index in [9.17, 15) is 0 Å². The van der Waals surface area contributed by atoms with E-state index in [1.165, 1.54) is 33.1 Å². The van der Waals surface area contributed by atoms with E-state index in [-0.39, 0.29) is 5.60 Å². The molecule has 0 saturated carbocycles. The maximum absolute atomic E-state index is 6.97. The highest BCUT2D eigenvalue weighted by molar-refractivity contribution is 9.11. The zero-order valence-electron chi connectivity index (χ0n) is 16.4. The summed E-state index contributed by atoms with van der Waals surface area (Å²) in [5.41, 5.74) is 2.79. The Morgan fingerprint density at radius 1 is 1.17 bits per heavy atom. The van der Waals surface area contributed by atoms with Gasteiger partial charge in [-0.1, -0.05) is 40.7 Å². The van der Waals surface area contributed by atoms with Crippen LogP contribution in [-0.4, -0.2) is 13.9 Å². The number of hydrogen-bond donors (Lipinski definition) is 0. The lowest BCUT2D eigenvalue weighted by atomic mass is 9.91. The molecule has 138 valence electrons. The summed E-state index contributed by atoms with van der Waals surface area (Å²) in [5, 5.41) is 2.22. The average Bonchev–Trinajstić information content (AvgIpc) is 3.05. The minimum Gasteiger partial charge on any atom is -0.411 e. The molecule has 0 fully saturated rings. The van der Waals surface area contributed by atoms with Gasteiger partial charge >= 0.3 is 0 Å². The Labute approximate surface area is 163 Å². The molecule has 0 aliphatic rings. The molecule has 0 aliphatic carbocycles. The van der Waals surface area contributed by atoms with Crippen LogP contribution < -0.4 is 0 Å². The van der Waals surface area contributed by atoms with Gasteiger partial charge in [0.2, 0.25) is 0 Å². The van der Waals surface area contributed by atoms with Crippen LogP contribution in [0.3, 0.4) is 0 Å². The normalized spacial score (nSPS) is 13.5. The molecule has 0 aliphatic heterocycles. The van der Waals surface area contributed by atoms with Gasteiger partial charge in [-0.15, -0.1) is 11.3 Å². The molecule has 24 heavy (non-hydrogen) atoms. The number of rotatable bonds is 11. The highest BCUT2D eigenvalue weighted by atomic mass is 79.9. The molecule has 0 spiro atoms. The Bertz CT molecular complexity index is 507. The first-order valence-electron chi connectivity index (χ1n) is 9.51. The van der Waals surface area contributed by atoms with E-state index >= 15 is 0 Å². The summed E-state index contributed by atoms with van der Waals surface area (Å²) >= 11 is 5.31. The molecular formula is C20H35BrOSSi. The van der Waals surface area contributed by atoms with Crippen LogP contribution in [0.5, 0.6) is 0 Å². The van der Waals surface area contributed by atoms with E-state index in [0.717, 1.165) is 25.7 Å². The van der Waals surface area contributed by atoms with Crippen LogP contribution in [0.1, 0.15) is 72.8 Å². The summed E-state index contributed by atoms with van der Waals surface area (Å²) in [5.74, 6) is 0. The third kappa shape index (κ3) is 5.82. The number of thiophene rings is 1. The first-order valence-corrected chi connectivity index (χ1v) is 13.7. The summed E-state index contributed by atoms with van der Waals surface area (Å²) in [6, 6.07) is 5.92. The smallest absolute Gasteiger partial charge is 0.192 e. The molecular weight excluding hydrogens is 396 g/mol. The minimum absolute atomic E-state index is 0.0697. The molecule has 0 bridgehead atoms. The van der Waals surface area contributed by atoms with Gasteiger partial charge in [-0.2, -0.15) is 0 Å². The zero-order valence-corrected chi connectivity index (χ0v) is 19.8. The van der Waals surface area contributed by atoms with Crippen molar-refractivity contribution < 1.29 is 4.43 Å². The molecule has 1 heterocycles. The monoisotopic (exact) mass is 430 g/mol. The quantitative estimate of drug-likeness (QED) is 0.320. The van der Waals surface area contributed by atoms with Crippen LogP contribution in [0.25, 0.3) is 5.57 Å². The Morgan fingerprint density at radius 2 is 1.75 bits per heavy atom. The zero-order chi connectivity index (χ0) is 18.2. The Hall–Kier alpha value is 0.0969. The first-order chi connectivity index (χ1) is 11.4. The molecule has 1 nitrogen and oxygen atoms in total. The lowest BCUT2D eigenvalue weighted by Crippen LogP contribution is -2.46. The van der Waals surface area contributed by atoms with Gasteiger partial charge in [-0.05, 0) is 89.3 Å². The molecule has 0 saturated heterocycles. The SMILES string of the molecule is CCC(CC)(CCC=C(C)c1csc(Br)c1)O[Si](CC)(CC)CC. The molecule has 0 amide bonds. The van der Waals surface area contributed by atoms with Crippen LogP contribution in [0.2, 0.25) is 18.1 Å². The van der Waals surface area contributed by atoms with Gasteiger partial charge in [-0.3, -0.25) is 0 Å². The standard InChI is InChI=1S/C20H35BrOSSi/c1-7-20(8-2,22-24(9-3,10-4)11-5)14-12-13-17(6)18-15-19(21)23-16-18/h13,15-16H,7-12,14H2,1-6H3. The third-order valence-electron chi connectivity index (χ3n) is 5.73. The molecule has 0 aromatic carbocycles. The molecule has 0 atom stereocenters. The first kappa shape index (κ1) is 22.1. The van der Waals surface area contributed by atoms with Crippen LogP contribution in [0.4, 0.5) is 0 Å². The second-order valence-corrected chi connectivity index (χ2v) is 13.8. The largest absolute Gasteiger partial charge is 0.411 e. The van der Waals surface area contributed by atoms with Crippen molar-refractivity contribution in [1.82, 2.24) is 0 Å². The molecule has 0 radical (unpaired) electrons. The van der Waals surface area contributed by atoms with Gasteiger partial charge in [0.25, 0.3) is 0 Å². The second-order valence-electron chi connectivity index (χ2n) is 6.80. The van der Waals surface area contributed by atoms with Crippen molar-refractivity contribution in [3.05, 3.63) is 26.9 Å². The second kappa shape index (κ2) is 10.3. The fourth-order valence-electron chi connectivity index (χ4n) is 3.41. The van der Waals surface area contributed by atoms with Gasteiger partial charge in [0.05, 0.1) is 9.39 Å². The van der Waals surface area contributed by atoms with Gasteiger partial charge < -0.3 is 4.43 Å². The molecule has 1 rings (SSSR count). The molecule has 0 N–H and O–H groups in total. The van der Waals surface area contributed by atoms with Crippen molar-refractivity contribution in [2.75, 3.05) is 0 Å². The van der Waals surface area contributed by atoms with Crippen LogP contribution >= 0.6 is 27.3 Å². The van der Waals surface area contributed by atoms with Crippen molar-refractivity contribution in [2.24, 2.45) is 0 Å². The molecule has 4 heteroatoms. The Morgan fingerprint density at radius 3 is 2.17 bits per heavy atom. The predicted octanol–water partition coefficient (Wildman–Crippen LogP) is 8.27. The summed E-state index contributed by atoms with van der Waals surface area (Å²) in [4.78, 5) is 0. The van der Waals surface area contributed by atoms with Crippen LogP contribution in [0.15, 0.2) is 21.3 Å². The summed E-state index contributed by atoms with van der Waals surface area (Å²) < 4.78 is 8.17. The number of allylic oxidation sites excluding steroid dienone is 2. The summed E-state index contributed by atoms with van der Waals surface area (Å²) in [7, 11) is -1.56. The Kier molecular flexibility index (Phi) is 9.50. The van der Waals surface area contributed by atoms with Crippen molar-refractivity contribution in [1.29, 1.82) is 0 Å². The predicted molar refractivity (Wildman–Crippen MR) is 116 cm³/mol. The lowest BCUT2D eigenvalue weighted by molar-refractivity contribution is 0.0397. The Balaban J connectivity index is 2.81. The van der Waals surface area contributed by atoms with Gasteiger partial charge in [-0.25, -0.2) is 0 Å². The number of halogens is 1. The van der Waals surface area contributed by atoms with Crippen LogP contribution in [0, 0.1) is 0 Å². The van der Waals surface area contributed by atoms with Crippen molar-refractivity contribution in [3.8, 4) is 0 Å². The van der Waals surface area contributed by atoms with E-state index in [1.807, 2.05) is 0 Å². The van der Waals surface area contributed by atoms with E-state index in [1.54, 1.807) is 11.3 Å². The minimum atomic E-state index is -1.56. The third-order valence-corrected chi connectivity index (χ3v) is 12.0. The lowest BCUT2D eigenvalue weighted by Gasteiger charge is -2.42. The highest BCUT2D eigenvalue weighted by Gasteiger charge is 2.38. The summed E-state index contributed by atoms with van der Waals surface area (Å²) in [6.45, 7) is 13.8. The van der Waals surface area contributed by atoms with Gasteiger partial charge in [0, 0.05) is 0 Å². The van der Waals surface area contributed by atoms with Crippen molar-refractivity contribution >= 4 is 41.2 Å². The van der Waals surface area contributed by atoms with Gasteiger partial charge in [0.1, 0.15) is 0 Å². The topological polar surface area (TPSA) is 9.23 Å². The average molecular weight is 432 g/mol. The van der Waals surface area contributed by atoms with E-state index in [2.05, 4.69) is 75.0 Å². The van der Waals surface area contributed by atoms with Crippen molar-refractivity contribution in [2.45, 2.75) is 91.0 Å².